The van der Waals surface area contributed by atoms with Gasteiger partial charge in [0.15, 0.2) is 0 Å². The minimum atomic E-state index is -0.00371. The van der Waals surface area contributed by atoms with Crippen molar-refractivity contribution in [2.24, 2.45) is 0 Å². The third-order valence-electron chi connectivity index (χ3n) is 4.51. The summed E-state index contributed by atoms with van der Waals surface area (Å²) in [4.78, 5) is 16.8. The molecule has 2 N–H and O–H groups in total. The van der Waals surface area contributed by atoms with Crippen LogP contribution in [0, 0.1) is 0 Å². The molecule has 110 valence electrons. The van der Waals surface area contributed by atoms with Gasteiger partial charge in [-0.25, -0.2) is 0 Å². The summed E-state index contributed by atoms with van der Waals surface area (Å²) in [5.74, 6) is 0.181. The number of hydrogen-bond acceptors (Lipinski definition) is 4. The van der Waals surface area contributed by atoms with Gasteiger partial charge in [0.05, 0.1) is 6.04 Å². The molecular formula is C14H28N4O. The second kappa shape index (κ2) is 7.22. The summed E-state index contributed by atoms with van der Waals surface area (Å²) in [5.41, 5.74) is 0. The predicted octanol–water partition coefficient (Wildman–Crippen LogP) is -0.119. The van der Waals surface area contributed by atoms with Crippen molar-refractivity contribution in [3.05, 3.63) is 0 Å². The fourth-order valence-electron chi connectivity index (χ4n) is 3.00. The highest BCUT2D eigenvalue weighted by Crippen LogP contribution is 2.14. The molecule has 2 atom stereocenters. The van der Waals surface area contributed by atoms with Gasteiger partial charge in [0.1, 0.15) is 0 Å². The molecule has 2 heterocycles. The highest BCUT2D eigenvalue weighted by Gasteiger charge is 2.24. The molecule has 0 spiro atoms. The standard InChI is InChI=1S/C14H28N4O/c1-12(18-9-6-15-7-10-18)14(19)16-11-13-5-3-4-8-17(13)2/h12-13,15H,3-11H2,1-2H3,(H,16,19). The van der Waals surface area contributed by atoms with Gasteiger partial charge in [-0.15, -0.1) is 0 Å². The van der Waals surface area contributed by atoms with Gasteiger partial charge in [-0.2, -0.15) is 0 Å². The molecule has 2 saturated heterocycles. The summed E-state index contributed by atoms with van der Waals surface area (Å²) < 4.78 is 0. The summed E-state index contributed by atoms with van der Waals surface area (Å²) in [7, 11) is 2.16. The van der Waals surface area contributed by atoms with Crippen LogP contribution in [-0.4, -0.2) is 74.1 Å². The van der Waals surface area contributed by atoms with Crippen LogP contribution in [0.2, 0.25) is 0 Å². The number of piperidine rings is 1. The third kappa shape index (κ3) is 4.16. The molecule has 0 aromatic heterocycles. The van der Waals surface area contributed by atoms with Gasteiger partial charge in [0.2, 0.25) is 5.91 Å². The lowest BCUT2D eigenvalue weighted by molar-refractivity contribution is -0.126. The quantitative estimate of drug-likeness (QED) is 0.746. The monoisotopic (exact) mass is 268 g/mol. The van der Waals surface area contributed by atoms with E-state index in [1.54, 1.807) is 0 Å². The summed E-state index contributed by atoms with van der Waals surface area (Å²) in [5, 5.41) is 6.46. The Morgan fingerprint density at radius 2 is 2.05 bits per heavy atom. The molecule has 2 rings (SSSR count). The topological polar surface area (TPSA) is 47.6 Å². The van der Waals surface area contributed by atoms with E-state index in [4.69, 9.17) is 0 Å². The van der Waals surface area contributed by atoms with Crippen LogP contribution in [0.25, 0.3) is 0 Å². The van der Waals surface area contributed by atoms with Crippen molar-refractivity contribution in [3.63, 3.8) is 0 Å². The first-order valence-corrected chi connectivity index (χ1v) is 7.61. The van der Waals surface area contributed by atoms with Gasteiger partial charge in [-0.05, 0) is 33.4 Å². The maximum Gasteiger partial charge on any atom is 0.237 e. The molecule has 2 fully saturated rings. The van der Waals surface area contributed by atoms with Crippen LogP contribution in [0.1, 0.15) is 26.2 Å². The molecule has 5 nitrogen and oxygen atoms in total. The average molecular weight is 268 g/mol. The largest absolute Gasteiger partial charge is 0.353 e. The molecule has 0 aliphatic carbocycles. The number of amides is 1. The number of likely N-dealkylation sites (N-methyl/N-ethyl adjacent to an activating group) is 1. The fraction of sp³-hybridized carbons (Fsp3) is 0.929. The molecule has 2 aliphatic rings. The van der Waals surface area contributed by atoms with Crippen molar-refractivity contribution in [1.82, 2.24) is 20.4 Å². The number of rotatable bonds is 4. The molecule has 2 aliphatic heterocycles. The van der Waals surface area contributed by atoms with Gasteiger partial charge in [-0.1, -0.05) is 6.42 Å². The minimum absolute atomic E-state index is 0.00371. The van der Waals surface area contributed by atoms with E-state index in [-0.39, 0.29) is 11.9 Å². The van der Waals surface area contributed by atoms with Crippen molar-refractivity contribution in [2.75, 3.05) is 46.3 Å². The van der Waals surface area contributed by atoms with E-state index < -0.39 is 0 Å². The van der Waals surface area contributed by atoms with E-state index in [0.29, 0.717) is 6.04 Å². The Morgan fingerprint density at radius 3 is 2.74 bits per heavy atom. The molecule has 0 bridgehead atoms. The van der Waals surface area contributed by atoms with Crippen LogP contribution in [0.3, 0.4) is 0 Å². The zero-order chi connectivity index (χ0) is 13.7. The number of piperazine rings is 1. The molecule has 0 aromatic rings. The van der Waals surface area contributed by atoms with E-state index in [1.165, 1.54) is 19.3 Å². The Kier molecular flexibility index (Phi) is 5.60. The predicted molar refractivity (Wildman–Crippen MR) is 77.2 cm³/mol. The van der Waals surface area contributed by atoms with Crippen molar-refractivity contribution >= 4 is 5.91 Å². The van der Waals surface area contributed by atoms with E-state index in [9.17, 15) is 4.79 Å². The highest BCUT2D eigenvalue weighted by atomic mass is 16.2. The Labute approximate surface area is 116 Å². The van der Waals surface area contributed by atoms with Crippen LogP contribution in [-0.2, 0) is 4.79 Å². The number of likely N-dealkylation sites (tertiary alicyclic amines) is 1. The number of hydrogen-bond donors (Lipinski definition) is 2. The van der Waals surface area contributed by atoms with E-state index in [2.05, 4.69) is 27.5 Å². The van der Waals surface area contributed by atoms with Gasteiger partial charge in [0.25, 0.3) is 0 Å². The zero-order valence-electron chi connectivity index (χ0n) is 12.3. The van der Waals surface area contributed by atoms with Gasteiger partial charge < -0.3 is 15.5 Å². The molecule has 0 saturated carbocycles. The maximum absolute atomic E-state index is 12.2. The van der Waals surface area contributed by atoms with Gasteiger partial charge in [0, 0.05) is 38.8 Å². The minimum Gasteiger partial charge on any atom is -0.353 e. The number of carbonyl (C=O) groups excluding carboxylic acids is 1. The van der Waals surface area contributed by atoms with Crippen LogP contribution in [0.5, 0.6) is 0 Å². The van der Waals surface area contributed by atoms with Crippen molar-refractivity contribution < 1.29 is 4.79 Å². The molecule has 1 amide bonds. The van der Waals surface area contributed by atoms with Gasteiger partial charge >= 0.3 is 0 Å². The van der Waals surface area contributed by atoms with Crippen LogP contribution < -0.4 is 10.6 Å². The first kappa shape index (κ1) is 14.8. The first-order chi connectivity index (χ1) is 9.18. The smallest absolute Gasteiger partial charge is 0.237 e. The van der Waals surface area contributed by atoms with Crippen LogP contribution >= 0.6 is 0 Å². The van der Waals surface area contributed by atoms with E-state index in [0.717, 1.165) is 39.3 Å². The first-order valence-electron chi connectivity index (χ1n) is 7.61. The number of carbonyl (C=O) groups is 1. The Balaban J connectivity index is 1.73. The Morgan fingerprint density at radius 1 is 1.32 bits per heavy atom. The summed E-state index contributed by atoms with van der Waals surface area (Å²) in [6, 6.07) is 0.518. The highest BCUT2D eigenvalue weighted by molar-refractivity contribution is 5.81. The Bertz CT molecular complexity index is 291. The van der Waals surface area contributed by atoms with E-state index in [1.807, 2.05) is 6.92 Å². The third-order valence-corrected chi connectivity index (χ3v) is 4.51. The van der Waals surface area contributed by atoms with Crippen LogP contribution in [0.4, 0.5) is 0 Å². The average Bonchev–Trinajstić information content (AvgIpc) is 2.46. The molecule has 19 heavy (non-hydrogen) atoms. The lowest BCUT2D eigenvalue weighted by atomic mass is 10.0. The SMILES string of the molecule is CC(C(=O)NCC1CCCCN1C)N1CCNCC1. The van der Waals surface area contributed by atoms with E-state index >= 15 is 0 Å². The lowest BCUT2D eigenvalue weighted by Gasteiger charge is -2.34. The summed E-state index contributed by atoms with van der Waals surface area (Å²) >= 11 is 0. The second-order valence-corrected chi connectivity index (χ2v) is 5.84. The lowest BCUT2D eigenvalue weighted by Crippen LogP contribution is -2.54. The van der Waals surface area contributed by atoms with Crippen molar-refractivity contribution in [2.45, 2.75) is 38.3 Å². The molecule has 0 aromatic carbocycles. The molecule has 2 unspecified atom stereocenters. The Hall–Kier alpha value is -0.650. The molecule has 5 heteroatoms. The summed E-state index contributed by atoms with van der Waals surface area (Å²) in [6.07, 6.45) is 3.79. The van der Waals surface area contributed by atoms with Crippen LogP contribution in [0.15, 0.2) is 0 Å². The number of nitrogens with zero attached hydrogens (tertiary/aromatic N) is 2. The van der Waals surface area contributed by atoms with Gasteiger partial charge in [-0.3, -0.25) is 9.69 Å². The van der Waals surface area contributed by atoms with Crippen molar-refractivity contribution in [3.8, 4) is 0 Å². The zero-order valence-corrected chi connectivity index (χ0v) is 12.3. The second-order valence-electron chi connectivity index (χ2n) is 5.84. The summed E-state index contributed by atoms with van der Waals surface area (Å²) in [6.45, 7) is 7.90. The fourth-order valence-corrected chi connectivity index (χ4v) is 3.00. The number of nitrogens with one attached hydrogen (secondary N) is 2. The normalized spacial score (nSPS) is 28.0. The maximum atomic E-state index is 12.2. The molecule has 0 radical (unpaired) electrons. The molecular weight excluding hydrogens is 240 g/mol. The van der Waals surface area contributed by atoms with Crippen molar-refractivity contribution in [1.29, 1.82) is 0 Å².